The van der Waals surface area contributed by atoms with Crippen LogP contribution in [0.5, 0.6) is 0 Å². The van der Waals surface area contributed by atoms with Crippen LogP contribution in [0, 0.1) is 5.92 Å². The van der Waals surface area contributed by atoms with Crippen LogP contribution in [0.15, 0.2) is 69.2 Å². The number of benzene rings is 1. The first kappa shape index (κ1) is 27.1. The van der Waals surface area contributed by atoms with Gasteiger partial charge < -0.3 is 15.3 Å². The van der Waals surface area contributed by atoms with Crippen LogP contribution in [0.2, 0.25) is 0 Å². The molecule has 1 aromatic carbocycles. The third kappa shape index (κ3) is 5.62. The Hall–Kier alpha value is -3.98. The van der Waals surface area contributed by atoms with Gasteiger partial charge in [0.25, 0.3) is 0 Å². The minimum Gasteiger partial charge on any atom is -0.388 e. The molecular weight excluding hydrogens is 478 g/mol. The van der Waals surface area contributed by atoms with Gasteiger partial charge in [-0.2, -0.15) is 0 Å². The second-order valence-corrected chi connectivity index (χ2v) is 9.05. The summed E-state index contributed by atoms with van der Waals surface area (Å²) in [5, 5.41) is 20.1. The van der Waals surface area contributed by atoms with E-state index >= 15 is 0 Å². The number of oxime groups is 1. The van der Waals surface area contributed by atoms with Crippen LogP contribution in [0.25, 0.3) is 5.57 Å². The number of rotatable bonds is 7. The van der Waals surface area contributed by atoms with Gasteiger partial charge in [0.1, 0.15) is 17.5 Å². The molecule has 0 bridgehead atoms. The summed E-state index contributed by atoms with van der Waals surface area (Å²) in [5.41, 5.74) is 3.31. The molecule has 0 saturated heterocycles. The molecule has 2 aromatic rings. The van der Waals surface area contributed by atoms with Crippen molar-refractivity contribution in [1.82, 2.24) is 9.97 Å². The Morgan fingerprint density at radius 3 is 2.74 bits per heavy atom. The Labute approximate surface area is 223 Å². The molecule has 2 aliphatic heterocycles. The number of aliphatic hydroxyl groups is 1. The first-order chi connectivity index (χ1) is 18.5. The van der Waals surface area contributed by atoms with Gasteiger partial charge in [-0.1, -0.05) is 19.0 Å². The van der Waals surface area contributed by atoms with Crippen molar-refractivity contribution in [3.05, 3.63) is 65.9 Å². The van der Waals surface area contributed by atoms with Gasteiger partial charge in [0.2, 0.25) is 0 Å². The van der Waals surface area contributed by atoms with E-state index in [2.05, 4.69) is 30.4 Å². The Morgan fingerprint density at radius 2 is 2.03 bits per heavy atom. The molecule has 9 heteroatoms. The van der Waals surface area contributed by atoms with Crippen molar-refractivity contribution in [3.8, 4) is 0 Å². The predicted molar refractivity (Wildman–Crippen MR) is 155 cm³/mol. The molecule has 3 heterocycles. The molecule has 38 heavy (non-hydrogen) atoms. The Morgan fingerprint density at radius 1 is 1.21 bits per heavy atom. The minimum atomic E-state index is -1.77. The largest absolute Gasteiger partial charge is 0.388 e. The lowest BCUT2D eigenvalue weighted by atomic mass is 9.82. The molecule has 1 saturated carbocycles. The lowest BCUT2D eigenvalue weighted by molar-refractivity contribution is 0.103. The predicted octanol–water partition coefficient (Wildman–Crippen LogP) is 5.11. The van der Waals surface area contributed by atoms with Crippen molar-refractivity contribution < 1.29 is 9.94 Å². The quantitative estimate of drug-likeness (QED) is 0.499. The Balaban J connectivity index is 0.00000164. The van der Waals surface area contributed by atoms with Crippen molar-refractivity contribution in [2.45, 2.75) is 52.2 Å². The second kappa shape index (κ2) is 12.0. The average Bonchev–Trinajstić information content (AvgIpc) is 3.81. The molecule has 1 aromatic heterocycles. The molecule has 198 valence electrons. The lowest BCUT2D eigenvalue weighted by Crippen LogP contribution is -2.39. The molecule has 0 amide bonds. The number of aromatic nitrogens is 2. The fourth-order valence-corrected chi connectivity index (χ4v) is 4.22. The maximum atomic E-state index is 12.6. The van der Waals surface area contributed by atoms with E-state index in [1.807, 2.05) is 65.2 Å². The van der Waals surface area contributed by atoms with Gasteiger partial charge >= 0.3 is 0 Å². The standard InChI is InChI=1S/C27H29N7O2.C2H6/c1-17-11-21(18(2)34-36-17)20-12-22(26(23(13-20)28-3)33-14-19-5-6-19)27(35,25-16-30-9-10-32-25)24-15-29-7-4-8-31-24;1-2/h4,8-17,19,28,35H,5-7H2,1-3H3;1-2H3. The van der Waals surface area contributed by atoms with Crippen LogP contribution in [0.3, 0.4) is 0 Å². The van der Waals surface area contributed by atoms with E-state index in [4.69, 9.17) is 9.83 Å². The zero-order chi connectivity index (χ0) is 27.1. The molecule has 0 radical (unpaired) electrons. The monoisotopic (exact) mass is 513 g/mol. The summed E-state index contributed by atoms with van der Waals surface area (Å²) in [6.07, 6.45) is 15.8. The Bertz CT molecular complexity index is 1320. The van der Waals surface area contributed by atoms with Crippen LogP contribution in [-0.4, -0.2) is 58.6 Å². The van der Waals surface area contributed by atoms with E-state index in [0.29, 0.717) is 35.1 Å². The first-order valence-corrected chi connectivity index (χ1v) is 13.1. The van der Waals surface area contributed by atoms with Crippen molar-refractivity contribution in [1.29, 1.82) is 0 Å². The van der Waals surface area contributed by atoms with Gasteiger partial charge in [0, 0.05) is 49.2 Å². The normalized spacial score (nSPS) is 20.3. The van der Waals surface area contributed by atoms with Gasteiger partial charge in [-0.05, 0) is 62.5 Å². The van der Waals surface area contributed by atoms with E-state index in [1.165, 1.54) is 0 Å². The summed E-state index contributed by atoms with van der Waals surface area (Å²) in [5.74, 6) is 0.444. The van der Waals surface area contributed by atoms with Crippen LogP contribution >= 0.6 is 0 Å². The van der Waals surface area contributed by atoms with Crippen molar-refractivity contribution >= 4 is 40.8 Å². The van der Waals surface area contributed by atoms with Crippen molar-refractivity contribution in [3.63, 3.8) is 0 Å². The number of anilines is 1. The van der Waals surface area contributed by atoms with Gasteiger partial charge in [0.05, 0.1) is 29.8 Å². The summed E-state index contributed by atoms with van der Waals surface area (Å²) in [6, 6.07) is 3.95. The fourth-order valence-electron chi connectivity index (χ4n) is 4.22. The van der Waals surface area contributed by atoms with E-state index < -0.39 is 5.60 Å². The summed E-state index contributed by atoms with van der Waals surface area (Å²) in [6.45, 7) is 8.30. The Kier molecular flexibility index (Phi) is 8.58. The third-order valence-electron chi connectivity index (χ3n) is 6.31. The van der Waals surface area contributed by atoms with Crippen molar-refractivity contribution in [2.24, 2.45) is 26.1 Å². The summed E-state index contributed by atoms with van der Waals surface area (Å²) in [7, 11) is 1.84. The zero-order valence-electron chi connectivity index (χ0n) is 22.6. The molecule has 0 spiro atoms. The highest BCUT2D eigenvalue weighted by Crippen LogP contribution is 2.43. The maximum Gasteiger partial charge on any atom is 0.179 e. The highest BCUT2D eigenvalue weighted by molar-refractivity contribution is 6.35. The number of hydrogen-bond acceptors (Lipinski definition) is 9. The van der Waals surface area contributed by atoms with Gasteiger partial charge in [0.15, 0.2) is 5.60 Å². The van der Waals surface area contributed by atoms with Crippen molar-refractivity contribution in [2.75, 3.05) is 18.9 Å². The summed E-state index contributed by atoms with van der Waals surface area (Å²) >= 11 is 0. The molecule has 2 unspecified atom stereocenters. The van der Waals surface area contributed by atoms with E-state index in [-0.39, 0.29) is 6.10 Å². The molecule has 2 atom stereocenters. The lowest BCUT2D eigenvalue weighted by Gasteiger charge is -2.30. The fraction of sp³-hybridized carbons (Fsp3) is 0.379. The van der Waals surface area contributed by atoms with Gasteiger partial charge in [-0.15, -0.1) is 0 Å². The van der Waals surface area contributed by atoms with E-state index in [1.54, 1.807) is 31.0 Å². The molecule has 5 rings (SSSR count). The topological polar surface area (TPSA) is 117 Å². The van der Waals surface area contributed by atoms with Gasteiger partial charge in [-0.25, -0.2) is 0 Å². The molecule has 1 fully saturated rings. The highest BCUT2D eigenvalue weighted by Gasteiger charge is 2.42. The number of aliphatic imine (C=N–C) groups is 3. The molecule has 1 aliphatic carbocycles. The number of allylic oxidation sites excluding steroid dienone is 1. The van der Waals surface area contributed by atoms with Gasteiger partial charge in [-0.3, -0.25) is 24.9 Å². The van der Waals surface area contributed by atoms with Crippen LogP contribution in [0.1, 0.15) is 57.4 Å². The van der Waals surface area contributed by atoms with Crippen LogP contribution < -0.4 is 5.32 Å². The zero-order valence-corrected chi connectivity index (χ0v) is 22.6. The summed E-state index contributed by atoms with van der Waals surface area (Å²) in [4.78, 5) is 28.0. The van der Waals surface area contributed by atoms with E-state index in [0.717, 1.165) is 35.4 Å². The van der Waals surface area contributed by atoms with Crippen LogP contribution in [-0.2, 0) is 10.4 Å². The third-order valence-corrected chi connectivity index (χ3v) is 6.31. The number of hydrogen-bond donors (Lipinski definition) is 2. The number of nitrogens with one attached hydrogen (secondary N) is 1. The average molecular weight is 514 g/mol. The molecular formula is C29H35N7O2. The molecule has 2 N–H and O–H groups in total. The van der Waals surface area contributed by atoms with E-state index in [9.17, 15) is 5.11 Å². The van der Waals surface area contributed by atoms with Crippen LogP contribution in [0.4, 0.5) is 11.4 Å². The molecule has 9 nitrogen and oxygen atoms in total. The maximum absolute atomic E-state index is 12.6. The SMILES string of the molecule is CC.CNc1cc(C2=CC(C)ON=C2C)cc(C(O)(C2=NC=CCN=C2)c2cnccn2)c1N=CC1CC1. The number of nitrogens with zero attached hydrogens (tertiary/aromatic N) is 6. The first-order valence-electron chi connectivity index (χ1n) is 13.1. The summed E-state index contributed by atoms with van der Waals surface area (Å²) < 4.78 is 0. The highest BCUT2D eigenvalue weighted by atomic mass is 16.6. The second-order valence-electron chi connectivity index (χ2n) is 9.05. The molecule has 3 aliphatic rings. The smallest absolute Gasteiger partial charge is 0.179 e. The minimum absolute atomic E-state index is 0.180.